The van der Waals surface area contributed by atoms with Crippen LogP contribution in [0, 0.1) is 5.82 Å². The van der Waals surface area contributed by atoms with Gasteiger partial charge in [-0.05, 0) is 35.2 Å². The van der Waals surface area contributed by atoms with Gasteiger partial charge in [-0.25, -0.2) is 4.39 Å². The van der Waals surface area contributed by atoms with E-state index in [-0.39, 0.29) is 29.8 Å². The second-order valence-corrected chi connectivity index (χ2v) is 6.28. The summed E-state index contributed by atoms with van der Waals surface area (Å²) in [5, 5.41) is 6.55. The number of nitrogens with one attached hydrogen (secondary N) is 2. The molecule has 0 bridgehead atoms. The van der Waals surface area contributed by atoms with E-state index in [1.165, 1.54) is 23.3 Å². The lowest BCUT2D eigenvalue weighted by atomic mass is 10.00. The predicted molar refractivity (Wildman–Crippen MR) is 115 cm³/mol. The number of halogens is 2. The lowest BCUT2D eigenvalue weighted by molar-refractivity contribution is 0.258. The van der Waals surface area contributed by atoms with Gasteiger partial charge in [0, 0.05) is 39.8 Å². The minimum Gasteiger partial charge on any atom is -0.355 e. The van der Waals surface area contributed by atoms with Crippen molar-refractivity contribution in [3.8, 4) is 0 Å². The Morgan fingerprint density at radius 2 is 1.92 bits per heavy atom. The van der Waals surface area contributed by atoms with Crippen LogP contribution in [-0.2, 0) is 19.5 Å². The van der Waals surface area contributed by atoms with Crippen molar-refractivity contribution in [2.45, 2.75) is 19.5 Å². The Morgan fingerprint density at radius 3 is 2.69 bits per heavy atom. The third kappa shape index (κ3) is 5.95. The van der Waals surface area contributed by atoms with Crippen molar-refractivity contribution in [2.75, 3.05) is 26.7 Å². The summed E-state index contributed by atoms with van der Waals surface area (Å²) in [5.74, 6) is 0.522. The SMILES string of the molecule is CN=C(NCCN1CCc2ccccc2C1)NCc1cccc(F)c1.I. The number of hydrogen-bond acceptors (Lipinski definition) is 2. The normalized spacial score (nSPS) is 14.3. The Bertz CT molecular complexity index is 735. The molecule has 0 aliphatic carbocycles. The van der Waals surface area contributed by atoms with E-state index in [4.69, 9.17) is 0 Å². The largest absolute Gasteiger partial charge is 0.355 e. The molecule has 1 aliphatic heterocycles. The third-order valence-corrected chi connectivity index (χ3v) is 4.50. The van der Waals surface area contributed by atoms with Crippen molar-refractivity contribution < 1.29 is 4.39 Å². The van der Waals surface area contributed by atoms with Crippen LogP contribution in [0.25, 0.3) is 0 Å². The third-order valence-electron chi connectivity index (χ3n) is 4.50. The number of benzene rings is 2. The summed E-state index contributed by atoms with van der Waals surface area (Å²) in [6.07, 6.45) is 1.11. The van der Waals surface area contributed by atoms with Gasteiger partial charge in [0.15, 0.2) is 5.96 Å². The van der Waals surface area contributed by atoms with Gasteiger partial charge >= 0.3 is 0 Å². The molecule has 1 heterocycles. The first-order valence-electron chi connectivity index (χ1n) is 8.72. The molecular formula is C20H26FIN4. The van der Waals surface area contributed by atoms with Gasteiger partial charge in [0.1, 0.15) is 5.82 Å². The zero-order chi connectivity index (χ0) is 17.5. The van der Waals surface area contributed by atoms with Crippen LogP contribution in [0.5, 0.6) is 0 Å². The molecule has 140 valence electrons. The smallest absolute Gasteiger partial charge is 0.191 e. The van der Waals surface area contributed by atoms with Gasteiger partial charge in [-0.3, -0.25) is 9.89 Å². The van der Waals surface area contributed by atoms with Gasteiger partial charge in [0.25, 0.3) is 0 Å². The quantitative estimate of drug-likeness (QED) is 0.403. The van der Waals surface area contributed by atoms with E-state index in [9.17, 15) is 4.39 Å². The number of aliphatic imine (C=N–C) groups is 1. The molecule has 0 atom stereocenters. The Balaban J connectivity index is 0.00000243. The number of fused-ring (bicyclic) bond motifs is 1. The van der Waals surface area contributed by atoms with Crippen LogP contribution in [0.2, 0.25) is 0 Å². The van der Waals surface area contributed by atoms with Crippen molar-refractivity contribution in [1.29, 1.82) is 0 Å². The predicted octanol–water partition coefficient (Wildman–Crippen LogP) is 3.17. The van der Waals surface area contributed by atoms with Gasteiger partial charge in [0.2, 0.25) is 0 Å². The van der Waals surface area contributed by atoms with Crippen LogP contribution in [0.4, 0.5) is 4.39 Å². The van der Waals surface area contributed by atoms with Gasteiger partial charge in [-0.2, -0.15) is 0 Å². The Labute approximate surface area is 171 Å². The number of rotatable bonds is 5. The second kappa shape index (κ2) is 10.5. The van der Waals surface area contributed by atoms with Crippen LogP contribution < -0.4 is 10.6 Å². The molecule has 0 aromatic heterocycles. The van der Waals surface area contributed by atoms with E-state index in [0.717, 1.165) is 44.1 Å². The maximum absolute atomic E-state index is 13.2. The molecule has 0 saturated carbocycles. The van der Waals surface area contributed by atoms with Crippen LogP contribution in [0.15, 0.2) is 53.5 Å². The van der Waals surface area contributed by atoms with Crippen LogP contribution >= 0.6 is 24.0 Å². The molecule has 3 rings (SSSR count). The highest BCUT2D eigenvalue weighted by Crippen LogP contribution is 2.17. The second-order valence-electron chi connectivity index (χ2n) is 6.28. The van der Waals surface area contributed by atoms with Gasteiger partial charge in [0.05, 0.1) is 0 Å². The highest BCUT2D eigenvalue weighted by atomic mass is 127. The van der Waals surface area contributed by atoms with Crippen molar-refractivity contribution in [1.82, 2.24) is 15.5 Å². The highest BCUT2D eigenvalue weighted by molar-refractivity contribution is 14.0. The average molecular weight is 468 g/mol. The highest BCUT2D eigenvalue weighted by Gasteiger charge is 2.14. The average Bonchev–Trinajstić information content (AvgIpc) is 2.64. The van der Waals surface area contributed by atoms with Gasteiger partial charge < -0.3 is 10.6 Å². The molecule has 0 amide bonds. The molecule has 2 N–H and O–H groups in total. The lowest BCUT2D eigenvalue weighted by Crippen LogP contribution is -2.42. The summed E-state index contributed by atoms with van der Waals surface area (Å²) in [5.41, 5.74) is 3.80. The minimum atomic E-state index is -0.215. The molecule has 4 nitrogen and oxygen atoms in total. The number of hydrogen-bond donors (Lipinski definition) is 2. The summed E-state index contributed by atoms with van der Waals surface area (Å²) in [6.45, 7) is 4.44. The maximum Gasteiger partial charge on any atom is 0.191 e. The summed E-state index contributed by atoms with van der Waals surface area (Å²) in [6, 6.07) is 15.3. The molecule has 6 heteroatoms. The molecule has 0 spiro atoms. The van der Waals surface area contributed by atoms with Gasteiger partial charge in [-0.1, -0.05) is 36.4 Å². The molecule has 0 saturated heterocycles. The summed E-state index contributed by atoms with van der Waals surface area (Å²) < 4.78 is 13.2. The summed E-state index contributed by atoms with van der Waals surface area (Å²) in [7, 11) is 1.75. The van der Waals surface area contributed by atoms with E-state index < -0.39 is 0 Å². The monoisotopic (exact) mass is 468 g/mol. The van der Waals surface area contributed by atoms with Crippen molar-refractivity contribution in [2.24, 2.45) is 4.99 Å². The fourth-order valence-electron chi connectivity index (χ4n) is 3.13. The van der Waals surface area contributed by atoms with E-state index in [0.29, 0.717) is 6.54 Å². The number of guanidine groups is 1. The fourth-order valence-corrected chi connectivity index (χ4v) is 3.13. The molecule has 0 unspecified atom stereocenters. The zero-order valence-corrected chi connectivity index (χ0v) is 17.4. The fraction of sp³-hybridized carbons (Fsp3) is 0.350. The molecular weight excluding hydrogens is 442 g/mol. The Morgan fingerprint density at radius 1 is 1.12 bits per heavy atom. The minimum absolute atomic E-state index is 0. The van der Waals surface area contributed by atoms with E-state index >= 15 is 0 Å². The van der Waals surface area contributed by atoms with Crippen LogP contribution in [-0.4, -0.2) is 37.5 Å². The van der Waals surface area contributed by atoms with Gasteiger partial charge in [-0.15, -0.1) is 24.0 Å². The topological polar surface area (TPSA) is 39.7 Å². The molecule has 1 aliphatic rings. The van der Waals surface area contributed by atoms with Crippen LogP contribution in [0.3, 0.4) is 0 Å². The standard InChI is InChI=1S/C20H25FN4.HI/c1-22-20(24-14-16-5-4-8-19(21)13-16)23-10-12-25-11-9-17-6-2-3-7-18(17)15-25;/h2-8,13H,9-12,14-15H2,1H3,(H2,22,23,24);1H. The lowest BCUT2D eigenvalue weighted by Gasteiger charge is -2.28. The van der Waals surface area contributed by atoms with Crippen molar-refractivity contribution >= 4 is 29.9 Å². The van der Waals surface area contributed by atoms with E-state index in [1.54, 1.807) is 13.1 Å². The first kappa shape index (κ1) is 20.6. The summed E-state index contributed by atoms with van der Waals surface area (Å²) in [4.78, 5) is 6.68. The van der Waals surface area contributed by atoms with Crippen LogP contribution in [0.1, 0.15) is 16.7 Å². The maximum atomic E-state index is 13.2. The van der Waals surface area contributed by atoms with Crippen molar-refractivity contribution in [3.63, 3.8) is 0 Å². The molecule has 2 aromatic rings. The molecule has 26 heavy (non-hydrogen) atoms. The first-order valence-corrected chi connectivity index (χ1v) is 8.72. The number of nitrogens with zero attached hydrogens (tertiary/aromatic N) is 2. The first-order chi connectivity index (χ1) is 12.2. The molecule has 2 aromatic carbocycles. The summed E-state index contributed by atoms with van der Waals surface area (Å²) >= 11 is 0. The zero-order valence-electron chi connectivity index (χ0n) is 15.0. The Hall–Kier alpha value is -1.67. The van der Waals surface area contributed by atoms with Crippen molar-refractivity contribution in [3.05, 3.63) is 71.0 Å². The molecule has 0 fully saturated rings. The van der Waals surface area contributed by atoms with E-state index in [1.807, 2.05) is 6.07 Å². The van der Waals surface area contributed by atoms with E-state index in [2.05, 4.69) is 44.8 Å². The Kier molecular flexibility index (Phi) is 8.31. The molecule has 0 radical (unpaired) electrons.